The van der Waals surface area contributed by atoms with Crippen molar-refractivity contribution in [2.45, 2.75) is 13.1 Å². The van der Waals surface area contributed by atoms with E-state index in [0.29, 0.717) is 0 Å². The molecule has 0 unspecified atom stereocenters. The maximum atomic E-state index is 12.8. The highest BCUT2D eigenvalue weighted by molar-refractivity contribution is 5.94. The Hall–Kier alpha value is -2.93. The number of imidazole rings is 1. The molecule has 3 aromatic rings. The predicted octanol–water partition coefficient (Wildman–Crippen LogP) is 1.59. The van der Waals surface area contributed by atoms with E-state index in [9.17, 15) is 4.79 Å². The monoisotopic (exact) mass is 364 g/mol. The maximum Gasteiger partial charge on any atom is 0.253 e. The number of aromatic nitrogens is 4. The molecule has 7 heteroatoms. The van der Waals surface area contributed by atoms with E-state index < -0.39 is 0 Å². The lowest BCUT2D eigenvalue weighted by atomic mass is 10.1. The van der Waals surface area contributed by atoms with Gasteiger partial charge in [0, 0.05) is 69.6 Å². The van der Waals surface area contributed by atoms with Crippen LogP contribution in [0.5, 0.6) is 0 Å². The summed E-state index contributed by atoms with van der Waals surface area (Å²) in [6.07, 6.45) is 9.29. The number of piperazine rings is 1. The van der Waals surface area contributed by atoms with Crippen molar-refractivity contribution in [1.29, 1.82) is 0 Å². The van der Waals surface area contributed by atoms with Gasteiger partial charge in [0.1, 0.15) is 0 Å². The van der Waals surface area contributed by atoms with E-state index in [2.05, 4.69) is 15.0 Å². The lowest BCUT2D eigenvalue weighted by molar-refractivity contribution is 0.0632. The molecular weight excluding hydrogens is 340 g/mol. The predicted molar refractivity (Wildman–Crippen MR) is 102 cm³/mol. The van der Waals surface area contributed by atoms with Crippen LogP contribution in [0.25, 0.3) is 0 Å². The molecule has 0 aliphatic carbocycles. The number of nitrogens with zero attached hydrogens (tertiary/aromatic N) is 6. The van der Waals surface area contributed by atoms with Gasteiger partial charge in [0.2, 0.25) is 0 Å². The first-order chi connectivity index (χ1) is 13.3. The molecule has 1 amide bonds. The van der Waals surface area contributed by atoms with Gasteiger partial charge in [0.05, 0.1) is 12.9 Å². The molecule has 1 aromatic carbocycles. The van der Waals surface area contributed by atoms with Gasteiger partial charge < -0.3 is 9.47 Å². The molecular formula is C20H24N6O. The maximum absolute atomic E-state index is 12.8. The van der Waals surface area contributed by atoms with Crippen molar-refractivity contribution in [2.24, 2.45) is 0 Å². The van der Waals surface area contributed by atoms with Crippen molar-refractivity contribution < 1.29 is 4.79 Å². The average Bonchev–Trinajstić information content (AvgIpc) is 3.41. The molecule has 140 valence electrons. The number of carbonyl (C=O) groups excluding carboxylic acids is 1. The quantitative estimate of drug-likeness (QED) is 0.666. The van der Waals surface area contributed by atoms with E-state index in [0.717, 1.165) is 56.9 Å². The van der Waals surface area contributed by atoms with Gasteiger partial charge in [-0.05, 0) is 23.8 Å². The standard InChI is InChI=1S/C20H24N6O/c27-20(19-4-2-18(3-5-19)16-24-9-7-21-17-24)25-13-10-23(11-14-25)12-15-26-8-1-6-22-26/h1-9,17H,10-16H2. The highest BCUT2D eigenvalue weighted by Gasteiger charge is 2.21. The number of benzene rings is 1. The van der Waals surface area contributed by atoms with Crippen LogP contribution >= 0.6 is 0 Å². The summed E-state index contributed by atoms with van der Waals surface area (Å²) < 4.78 is 3.96. The van der Waals surface area contributed by atoms with E-state index in [1.165, 1.54) is 0 Å². The van der Waals surface area contributed by atoms with Crippen LogP contribution in [0.15, 0.2) is 61.4 Å². The van der Waals surface area contributed by atoms with Crippen molar-refractivity contribution in [2.75, 3.05) is 32.7 Å². The highest BCUT2D eigenvalue weighted by Crippen LogP contribution is 2.11. The summed E-state index contributed by atoms with van der Waals surface area (Å²) >= 11 is 0. The van der Waals surface area contributed by atoms with Gasteiger partial charge in [-0.15, -0.1) is 0 Å². The Morgan fingerprint density at radius 2 is 1.78 bits per heavy atom. The van der Waals surface area contributed by atoms with Gasteiger partial charge in [-0.3, -0.25) is 14.4 Å². The van der Waals surface area contributed by atoms with E-state index in [1.54, 1.807) is 18.7 Å². The summed E-state index contributed by atoms with van der Waals surface area (Å²) in [5.74, 6) is 0.121. The molecule has 1 aliphatic rings. The Morgan fingerprint density at radius 1 is 0.963 bits per heavy atom. The third-order valence-corrected chi connectivity index (χ3v) is 4.99. The number of hydrogen-bond acceptors (Lipinski definition) is 4. The fourth-order valence-corrected chi connectivity index (χ4v) is 3.38. The molecule has 4 rings (SSSR count). The zero-order valence-corrected chi connectivity index (χ0v) is 15.3. The lowest BCUT2D eigenvalue weighted by Gasteiger charge is -2.34. The molecule has 0 spiro atoms. The largest absolute Gasteiger partial charge is 0.336 e. The van der Waals surface area contributed by atoms with E-state index in [4.69, 9.17) is 0 Å². The van der Waals surface area contributed by atoms with E-state index in [-0.39, 0.29) is 5.91 Å². The summed E-state index contributed by atoms with van der Waals surface area (Å²) in [6, 6.07) is 9.84. The second-order valence-corrected chi connectivity index (χ2v) is 6.83. The molecule has 2 aromatic heterocycles. The minimum atomic E-state index is 0.121. The van der Waals surface area contributed by atoms with Crippen LogP contribution in [0, 0.1) is 0 Å². The van der Waals surface area contributed by atoms with Crippen molar-refractivity contribution in [1.82, 2.24) is 29.1 Å². The first-order valence-electron chi connectivity index (χ1n) is 9.32. The second kappa shape index (κ2) is 8.18. The van der Waals surface area contributed by atoms with Crippen molar-refractivity contribution >= 4 is 5.91 Å². The Bertz CT molecular complexity index is 833. The third-order valence-electron chi connectivity index (χ3n) is 4.99. The van der Waals surface area contributed by atoms with Crippen LogP contribution in [0.1, 0.15) is 15.9 Å². The molecule has 1 saturated heterocycles. The first-order valence-corrected chi connectivity index (χ1v) is 9.32. The van der Waals surface area contributed by atoms with Crippen LogP contribution in [0.2, 0.25) is 0 Å². The molecule has 7 nitrogen and oxygen atoms in total. The van der Waals surface area contributed by atoms with E-state index >= 15 is 0 Å². The number of carbonyl (C=O) groups is 1. The summed E-state index contributed by atoms with van der Waals surface area (Å²) in [6.45, 7) is 5.98. The van der Waals surface area contributed by atoms with Crippen molar-refractivity contribution in [3.8, 4) is 0 Å². The van der Waals surface area contributed by atoms with Crippen LogP contribution in [-0.2, 0) is 13.1 Å². The normalized spacial score (nSPS) is 15.2. The average molecular weight is 364 g/mol. The van der Waals surface area contributed by atoms with E-state index in [1.807, 2.05) is 56.9 Å². The number of hydrogen-bond donors (Lipinski definition) is 0. The summed E-state index contributed by atoms with van der Waals surface area (Å²) in [5, 5.41) is 4.23. The number of rotatable bonds is 6. The molecule has 1 aliphatic heterocycles. The molecule has 27 heavy (non-hydrogen) atoms. The molecule has 0 N–H and O–H groups in total. The molecule has 3 heterocycles. The smallest absolute Gasteiger partial charge is 0.253 e. The molecule has 0 bridgehead atoms. The Balaban J connectivity index is 1.27. The van der Waals surface area contributed by atoms with Gasteiger partial charge in [0.25, 0.3) is 5.91 Å². The second-order valence-electron chi connectivity index (χ2n) is 6.83. The Labute approximate surface area is 158 Å². The first kappa shape index (κ1) is 17.5. The van der Waals surface area contributed by atoms with Crippen LogP contribution in [0.3, 0.4) is 0 Å². The van der Waals surface area contributed by atoms with Gasteiger partial charge in [-0.1, -0.05) is 12.1 Å². The fourth-order valence-electron chi connectivity index (χ4n) is 3.38. The van der Waals surface area contributed by atoms with Crippen LogP contribution in [0.4, 0.5) is 0 Å². The lowest BCUT2D eigenvalue weighted by Crippen LogP contribution is -2.49. The van der Waals surface area contributed by atoms with Crippen molar-refractivity contribution in [3.63, 3.8) is 0 Å². The molecule has 0 atom stereocenters. The van der Waals surface area contributed by atoms with Gasteiger partial charge in [0.15, 0.2) is 0 Å². The molecule has 0 radical (unpaired) electrons. The zero-order chi connectivity index (χ0) is 18.5. The van der Waals surface area contributed by atoms with Crippen molar-refractivity contribution in [3.05, 3.63) is 72.6 Å². The SMILES string of the molecule is O=C(c1ccc(Cn2ccnc2)cc1)N1CCN(CCn2cccn2)CC1. The third kappa shape index (κ3) is 4.43. The fraction of sp³-hybridized carbons (Fsp3) is 0.350. The van der Waals surface area contributed by atoms with Crippen LogP contribution in [-0.4, -0.2) is 67.8 Å². The summed E-state index contributed by atoms with van der Waals surface area (Å²) in [5.41, 5.74) is 1.92. The topological polar surface area (TPSA) is 59.2 Å². The Morgan fingerprint density at radius 3 is 2.44 bits per heavy atom. The van der Waals surface area contributed by atoms with Crippen LogP contribution < -0.4 is 0 Å². The zero-order valence-electron chi connectivity index (χ0n) is 15.3. The minimum Gasteiger partial charge on any atom is -0.336 e. The van der Waals surface area contributed by atoms with Gasteiger partial charge in [-0.2, -0.15) is 5.10 Å². The molecule has 0 saturated carbocycles. The highest BCUT2D eigenvalue weighted by atomic mass is 16.2. The van der Waals surface area contributed by atoms with Gasteiger partial charge in [-0.25, -0.2) is 4.98 Å². The summed E-state index contributed by atoms with van der Waals surface area (Å²) in [7, 11) is 0. The Kier molecular flexibility index (Phi) is 5.29. The summed E-state index contributed by atoms with van der Waals surface area (Å²) in [4.78, 5) is 21.2. The minimum absolute atomic E-state index is 0.121. The molecule has 1 fully saturated rings. The van der Waals surface area contributed by atoms with Gasteiger partial charge >= 0.3 is 0 Å². The number of amides is 1.